The summed E-state index contributed by atoms with van der Waals surface area (Å²) in [5.74, 6) is 0.538. The molecule has 1 fully saturated rings. The molecular weight excluding hydrogens is 222 g/mol. The number of hydrogen-bond acceptors (Lipinski definition) is 2. The molecule has 0 saturated carbocycles. The van der Waals surface area contributed by atoms with E-state index in [2.05, 4.69) is 21.6 Å². The van der Waals surface area contributed by atoms with E-state index in [4.69, 9.17) is 11.6 Å². The summed E-state index contributed by atoms with van der Waals surface area (Å²) in [6, 6.07) is 3.85. The van der Waals surface area contributed by atoms with Crippen molar-refractivity contribution >= 4 is 17.2 Å². The molecule has 0 radical (unpaired) electrons. The summed E-state index contributed by atoms with van der Waals surface area (Å²) in [5, 5.41) is 4.10. The first-order valence-corrected chi connectivity index (χ1v) is 5.99. The molecule has 0 spiro atoms. The highest BCUT2D eigenvalue weighted by atomic mass is 35.5. The van der Waals surface area contributed by atoms with Gasteiger partial charge in [0.15, 0.2) is 5.65 Å². The highest BCUT2D eigenvalue weighted by Crippen LogP contribution is 2.27. The standard InChI is InChI=1S/C12H14ClN3/c1-8-11(9-4-5-14-7-9)15-12-10(13)3-2-6-16(8)12/h2-3,6,9,14H,4-5,7H2,1H3. The summed E-state index contributed by atoms with van der Waals surface area (Å²) in [6.07, 6.45) is 3.19. The van der Waals surface area contributed by atoms with E-state index in [0.29, 0.717) is 5.92 Å². The van der Waals surface area contributed by atoms with Crippen LogP contribution in [0.25, 0.3) is 5.65 Å². The fraction of sp³-hybridized carbons (Fsp3) is 0.417. The maximum absolute atomic E-state index is 6.15. The Kier molecular flexibility index (Phi) is 2.37. The summed E-state index contributed by atoms with van der Waals surface area (Å²) in [6.45, 7) is 4.23. The lowest BCUT2D eigenvalue weighted by Gasteiger charge is -2.05. The first kappa shape index (κ1) is 10.1. The monoisotopic (exact) mass is 235 g/mol. The van der Waals surface area contributed by atoms with Gasteiger partial charge >= 0.3 is 0 Å². The van der Waals surface area contributed by atoms with E-state index in [0.717, 1.165) is 23.8 Å². The van der Waals surface area contributed by atoms with E-state index in [1.165, 1.54) is 17.8 Å². The molecule has 1 N–H and O–H groups in total. The van der Waals surface area contributed by atoms with Crippen LogP contribution >= 0.6 is 11.6 Å². The lowest BCUT2D eigenvalue weighted by Crippen LogP contribution is -2.08. The highest BCUT2D eigenvalue weighted by Gasteiger charge is 2.22. The molecule has 3 heterocycles. The molecule has 1 aliphatic heterocycles. The van der Waals surface area contributed by atoms with Gasteiger partial charge in [-0.2, -0.15) is 0 Å². The molecule has 1 atom stereocenters. The van der Waals surface area contributed by atoms with E-state index in [1.807, 2.05) is 18.3 Å². The van der Waals surface area contributed by atoms with Gasteiger partial charge in [-0.05, 0) is 32.0 Å². The number of imidazole rings is 1. The Bertz CT molecular complexity index is 526. The minimum atomic E-state index is 0.538. The number of aromatic nitrogens is 2. The van der Waals surface area contributed by atoms with Crippen LogP contribution in [0.15, 0.2) is 18.3 Å². The van der Waals surface area contributed by atoms with Crippen LogP contribution in [-0.4, -0.2) is 22.5 Å². The van der Waals surface area contributed by atoms with Gasteiger partial charge in [-0.3, -0.25) is 0 Å². The van der Waals surface area contributed by atoms with Crippen LogP contribution in [0, 0.1) is 6.92 Å². The molecule has 4 heteroatoms. The van der Waals surface area contributed by atoms with Crippen molar-refractivity contribution in [2.24, 2.45) is 0 Å². The Hall–Kier alpha value is -1.06. The number of rotatable bonds is 1. The van der Waals surface area contributed by atoms with Crippen molar-refractivity contribution in [3.8, 4) is 0 Å². The summed E-state index contributed by atoms with van der Waals surface area (Å²) in [5.41, 5.74) is 3.29. The van der Waals surface area contributed by atoms with E-state index >= 15 is 0 Å². The Morgan fingerprint density at radius 2 is 2.44 bits per heavy atom. The fourth-order valence-electron chi connectivity index (χ4n) is 2.44. The Morgan fingerprint density at radius 3 is 3.12 bits per heavy atom. The van der Waals surface area contributed by atoms with Crippen molar-refractivity contribution in [1.29, 1.82) is 0 Å². The third-order valence-electron chi connectivity index (χ3n) is 3.32. The number of pyridine rings is 1. The predicted molar refractivity (Wildman–Crippen MR) is 65.2 cm³/mol. The molecule has 0 amide bonds. The van der Waals surface area contributed by atoms with Gasteiger partial charge in [0.05, 0.1) is 10.7 Å². The van der Waals surface area contributed by atoms with Crippen LogP contribution in [0.5, 0.6) is 0 Å². The summed E-state index contributed by atoms with van der Waals surface area (Å²) >= 11 is 6.15. The smallest absolute Gasteiger partial charge is 0.156 e. The molecule has 3 nitrogen and oxygen atoms in total. The third kappa shape index (κ3) is 1.43. The predicted octanol–water partition coefficient (Wildman–Crippen LogP) is 2.37. The average molecular weight is 236 g/mol. The summed E-state index contributed by atoms with van der Waals surface area (Å²) in [7, 11) is 0. The second-order valence-electron chi connectivity index (χ2n) is 4.32. The second kappa shape index (κ2) is 3.75. The van der Waals surface area contributed by atoms with Gasteiger partial charge in [0, 0.05) is 24.4 Å². The minimum absolute atomic E-state index is 0.538. The molecule has 1 saturated heterocycles. The van der Waals surface area contributed by atoms with Crippen molar-refractivity contribution < 1.29 is 0 Å². The molecule has 3 rings (SSSR count). The molecule has 2 aromatic rings. The Morgan fingerprint density at radius 1 is 1.56 bits per heavy atom. The van der Waals surface area contributed by atoms with Gasteiger partial charge in [0.2, 0.25) is 0 Å². The van der Waals surface area contributed by atoms with Crippen molar-refractivity contribution in [2.45, 2.75) is 19.3 Å². The highest BCUT2D eigenvalue weighted by molar-refractivity contribution is 6.33. The molecule has 0 bridgehead atoms. The second-order valence-corrected chi connectivity index (χ2v) is 4.73. The number of nitrogens with one attached hydrogen (secondary N) is 1. The van der Waals surface area contributed by atoms with Crippen LogP contribution in [0.2, 0.25) is 5.02 Å². The molecular formula is C12H14ClN3. The molecule has 0 aliphatic carbocycles. The van der Waals surface area contributed by atoms with Gasteiger partial charge in [-0.25, -0.2) is 4.98 Å². The maximum atomic E-state index is 6.15. The SMILES string of the molecule is Cc1c(C2CCNC2)nc2c(Cl)cccn12. The third-order valence-corrected chi connectivity index (χ3v) is 3.62. The Balaban J connectivity index is 2.18. The van der Waals surface area contributed by atoms with Crippen molar-refractivity contribution in [2.75, 3.05) is 13.1 Å². The van der Waals surface area contributed by atoms with E-state index in [-0.39, 0.29) is 0 Å². The van der Waals surface area contributed by atoms with E-state index < -0.39 is 0 Å². The largest absolute Gasteiger partial charge is 0.316 e. The van der Waals surface area contributed by atoms with Crippen LogP contribution < -0.4 is 5.32 Å². The van der Waals surface area contributed by atoms with Crippen LogP contribution in [-0.2, 0) is 0 Å². The molecule has 2 aromatic heterocycles. The number of halogens is 1. The molecule has 84 valence electrons. The number of aryl methyl sites for hydroxylation is 1. The lowest BCUT2D eigenvalue weighted by atomic mass is 10.0. The summed E-state index contributed by atoms with van der Waals surface area (Å²) < 4.78 is 2.08. The summed E-state index contributed by atoms with van der Waals surface area (Å²) in [4.78, 5) is 4.68. The zero-order chi connectivity index (χ0) is 11.1. The van der Waals surface area contributed by atoms with Gasteiger partial charge in [-0.1, -0.05) is 11.6 Å². The minimum Gasteiger partial charge on any atom is -0.316 e. The average Bonchev–Trinajstić information content (AvgIpc) is 2.88. The van der Waals surface area contributed by atoms with E-state index in [1.54, 1.807) is 0 Å². The molecule has 0 aromatic carbocycles. The maximum Gasteiger partial charge on any atom is 0.156 e. The van der Waals surface area contributed by atoms with Crippen LogP contribution in [0.4, 0.5) is 0 Å². The lowest BCUT2D eigenvalue weighted by molar-refractivity contribution is 0.734. The molecule has 1 aliphatic rings. The van der Waals surface area contributed by atoms with E-state index in [9.17, 15) is 0 Å². The van der Waals surface area contributed by atoms with Gasteiger partial charge in [-0.15, -0.1) is 0 Å². The molecule has 16 heavy (non-hydrogen) atoms. The van der Waals surface area contributed by atoms with Crippen molar-refractivity contribution in [3.05, 3.63) is 34.7 Å². The topological polar surface area (TPSA) is 29.3 Å². The number of nitrogens with zero attached hydrogens (tertiary/aromatic N) is 2. The zero-order valence-corrected chi connectivity index (χ0v) is 9.96. The normalized spacial score (nSPS) is 20.8. The van der Waals surface area contributed by atoms with Gasteiger partial charge in [0.25, 0.3) is 0 Å². The number of fused-ring (bicyclic) bond motifs is 1. The zero-order valence-electron chi connectivity index (χ0n) is 9.20. The molecule has 1 unspecified atom stereocenters. The van der Waals surface area contributed by atoms with Gasteiger partial charge in [0.1, 0.15) is 0 Å². The van der Waals surface area contributed by atoms with Crippen LogP contribution in [0.1, 0.15) is 23.7 Å². The Labute approximate surface area is 99.4 Å². The van der Waals surface area contributed by atoms with Crippen molar-refractivity contribution in [3.63, 3.8) is 0 Å². The quantitative estimate of drug-likeness (QED) is 0.823. The van der Waals surface area contributed by atoms with Crippen LogP contribution in [0.3, 0.4) is 0 Å². The number of hydrogen-bond donors (Lipinski definition) is 1. The first-order chi connectivity index (χ1) is 7.77. The van der Waals surface area contributed by atoms with Gasteiger partial charge < -0.3 is 9.72 Å². The first-order valence-electron chi connectivity index (χ1n) is 5.61. The fourth-order valence-corrected chi connectivity index (χ4v) is 2.65. The van der Waals surface area contributed by atoms with Crippen molar-refractivity contribution in [1.82, 2.24) is 14.7 Å².